The maximum absolute atomic E-state index is 13.9. The fraction of sp³-hybridized carbons (Fsp3) is 0.286. The minimum atomic E-state index is -4.14. The standard InChI is InChI=1S/C28H31BrFN3O4S/c1-4-26(28(35)31-5-2)32(18-21-11-13-23(30)14-12-21)27(34)19-33(24-8-6-7-22(29)17-24)38(36,37)25-15-9-20(3)10-16-25/h6-17,26H,4-5,18-19H2,1-3H3,(H,31,35). The zero-order chi connectivity index (χ0) is 27.9. The number of nitrogens with one attached hydrogen (secondary N) is 1. The molecule has 0 heterocycles. The number of carbonyl (C=O) groups excluding carboxylic acids is 2. The number of hydrogen-bond acceptors (Lipinski definition) is 4. The van der Waals surface area contributed by atoms with Gasteiger partial charge in [0, 0.05) is 17.6 Å². The van der Waals surface area contributed by atoms with Crippen molar-refractivity contribution >= 4 is 43.5 Å². The molecular formula is C28H31BrFN3O4S. The largest absolute Gasteiger partial charge is 0.355 e. The summed E-state index contributed by atoms with van der Waals surface area (Å²) in [6, 6.07) is 17.8. The number of carbonyl (C=O) groups is 2. The number of benzene rings is 3. The second kappa shape index (κ2) is 13.0. The van der Waals surface area contributed by atoms with E-state index in [-0.39, 0.29) is 17.3 Å². The molecule has 0 spiro atoms. The van der Waals surface area contributed by atoms with Gasteiger partial charge in [0.2, 0.25) is 11.8 Å². The van der Waals surface area contributed by atoms with Gasteiger partial charge in [-0.25, -0.2) is 12.8 Å². The average Bonchev–Trinajstić information content (AvgIpc) is 2.88. The number of rotatable bonds is 11. The maximum atomic E-state index is 13.9. The van der Waals surface area contributed by atoms with Crippen LogP contribution in [0.1, 0.15) is 31.4 Å². The predicted octanol–water partition coefficient (Wildman–Crippen LogP) is 5.04. The molecule has 3 rings (SSSR count). The van der Waals surface area contributed by atoms with Crippen LogP contribution in [0.3, 0.4) is 0 Å². The topological polar surface area (TPSA) is 86.8 Å². The molecule has 0 aliphatic carbocycles. The Morgan fingerprint density at radius 1 is 1.00 bits per heavy atom. The van der Waals surface area contributed by atoms with Crippen LogP contribution in [0.5, 0.6) is 0 Å². The van der Waals surface area contributed by atoms with E-state index in [1.54, 1.807) is 50.2 Å². The molecule has 1 N–H and O–H groups in total. The number of likely N-dealkylation sites (N-methyl/N-ethyl adjacent to an activating group) is 1. The molecule has 0 radical (unpaired) electrons. The van der Waals surface area contributed by atoms with E-state index >= 15 is 0 Å². The van der Waals surface area contributed by atoms with E-state index in [2.05, 4.69) is 21.2 Å². The fourth-order valence-electron chi connectivity index (χ4n) is 4.00. The van der Waals surface area contributed by atoms with Gasteiger partial charge in [-0.05, 0) is 68.3 Å². The summed E-state index contributed by atoms with van der Waals surface area (Å²) in [4.78, 5) is 28.2. The molecule has 7 nitrogen and oxygen atoms in total. The molecule has 202 valence electrons. The zero-order valence-electron chi connectivity index (χ0n) is 21.5. The van der Waals surface area contributed by atoms with Crippen LogP contribution in [0.4, 0.5) is 10.1 Å². The summed E-state index contributed by atoms with van der Waals surface area (Å²) in [6.45, 7) is 5.25. The maximum Gasteiger partial charge on any atom is 0.264 e. The van der Waals surface area contributed by atoms with Gasteiger partial charge in [-0.2, -0.15) is 0 Å². The molecule has 0 fully saturated rings. The summed E-state index contributed by atoms with van der Waals surface area (Å²) < 4.78 is 42.8. The summed E-state index contributed by atoms with van der Waals surface area (Å²) in [6.07, 6.45) is 0.306. The molecule has 0 aliphatic heterocycles. The SMILES string of the molecule is CCNC(=O)C(CC)N(Cc1ccc(F)cc1)C(=O)CN(c1cccc(Br)c1)S(=O)(=O)c1ccc(C)cc1. The van der Waals surface area contributed by atoms with Gasteiger partial charge < -0.3 is 10.2 Å². The first-order valence-corrected chi connectivity index (χ1v) is 14.5. The first-order valence-electron chi connectivity index (χ1n) is 12.2. The third-order valence-electron chi connectivity index (χ3n) is 5.99. The number of amides is 2. The molecule has 3 aromatic rings. The van der Waals surface area contributed by atoms with Crippen molar-refractivity contribution in [2.24, 2.45) is 0 Å². The Labute approximate surface area is 231 Å². The van der Waals surface area contributed by atoms with E-state index in [4.69, 9.17) is 0 Å². The molecule has 38 heavy (non-hydrogen) atoms. The van der Waals surface area contributed by atoms with Crippen molar-refractivity contribution < 1.29 is 22.4 Å². The van der Waals surface area contributed by atoms with Crippen molar-refractivity contribution in [2.45, 2.75) is 44.7 Å². The molecule has 0 aromatic heterocycles. The number of nitrogens with zero attached hydrogens (tertiary/aromatic N) is 2. The Morgan fingerprint density at radius 3 is 2.24 bits per heavy atom. The molecule has 3 aromatic carbocycles. The lowest BCUT2D eigenvalue weighted by atomic mass is 10.1. The summed E-state index contributed by atoms with van der Waals surface area (Å²) in [5.41, 5.74) is 1.80. The van der Waals surface area contributed by atoms with E-state index < -0.39 is 34.3 Å². The van der Waals surface area contributed by atoms with E-state index in [9.17, 15) is 22.4 Å². The quantitative estimate of drug-likeness (QED) is 0.333. The van der Waals surface area contributed by atoms with Gasteiger partial charge >= 0.3 is 0 Å². The monoisotopic (exact) mass is 603 g/mol. The van der Waals surface area contributed by atoms with Crippen molar-refractivity contribution in [3.63, 3.8) is 0 Å². The van der Waals surface area contributed by atoms with Crippen LogP contribution in [0.25, 0.3) is 0 Å². The molecule has 1 atom stereocenters. The molecule has 0 bridgehead atoms. The lowest BCUT2D eigenvalue weighted by Gasteiger charge is -2.33. The summed E-state index contributed by atoms with van der Waals surface area (Å²) >= 11 is 3.38. The fourth-order valence-corrected chi connectivity index (χ4v) is 5.79. The lowest BCUT2D eigenvalue weighted by Crippen LogP contribution is -2.52. The third-order valence-corrected chi connectivity index (χ3v) is 8.27. The first kappa shape index (κ1) is 29.3. The Kier molecular flexibility index (Phi) is 10.0. The second-order valence-electron chi connectivity index (χ2n) is 8.77. The lowest BCUT2D eigenvalue weighted by molar-refractivity contribution is -0.140. The second-order valence-corrected chi connectivity index (χ2v) is 11.5. The molecular weight excluding hydrogens is 573 g/mol. The highest BCUT2D eigenvalue weighted by Crippen LogP contribution is 2.27. The Bertz CT molecular complexity index is 1370. The molecule has 0 aliphatic rings. The van der Waals surface area contributed by atoms with Crippen molar-refractivity contribution in [3.05, 3.63) is 94.2 Å². The minimum absolute atomic E-state index is 0.00561. The first-order chi connectivity index (χ1) is 18.1. The van der Waals surface area contributed by atoms with Gasteiger partial charge in [0.1, 0.15) is 18.4 Å². The van der Waals surface area contributed by atoms with Crippen LogP contribution in [0.15, 0.2) is 82.2 Å². The normalized spacial score (nSPS) is 12.0. The van der Waals surface area contributed by atoms with Crippen molar-refractivity contribution in [1.82, 2.24) is 10.2 Å². The molecule has 2 amide bonds. The number of anilines is 1. The van der Waals surface area contributed by atoms with Crippen molar-refractivity contribution in [3.8, 4) is 0 Å². The number of sulfonamides is 1. The van der Waals surface area contributed by atoms with Crippen LogP contribution in [0.2, 0.25) is 0 Å². The van der Waals surface area contributed by atoms with Crippen LogP contribution < -0.4 is 9.62 Å². The Balaban J connectivity index is 2.05. The zero-order valence-corrected chi connectivity index (χ0v) is 23.9. The Morgan fingerprint density at radius 2 is 1.66 bits per heavy atom. The van der Waals surface area contributed by atoms with Crippen LogP contribution in [-0.4, -0.2) is 44.3 Å². The van der Waals surface area contributed by atoms with Gasteiger partial charge in [0.15, 0.2) is 0 Å². The highest BCUT2D eigenvalue weighted by Gasteiger charge is 2.33. The van der Waals surface area contributed by atoms with Gasteiger partial charge in [0.25, 0.3) is 10.0 Å². The minimum Gasteiger partial charge on any atom is -0.355 e. The van der Waals surface area contributed by atoms with Gasteiger partial charge in [-0.15, -0.1) is 0 Å². The van der Waals surface area contributed by atoms with E-state index in [1.807, 2.05) is 6.92 Å². The van der Waals surface area contributed by atoms with Crippen molar-refractivity contribution in [2.75, 3.05) is 17.4 Å². The van der Waals surface area contributed by atoms with E-state index in [0.29, 0.717) is 28.7 Å². The van der Waals surface area contributed by atoms with Gasteiger partial charge in [0.05, 0.1) is 10.6 Å². The third kappa shape index (κ3) is 7.20. The highest BCUT2D eigenvalue weighted by atomic mass is 79.9. The summed E-state index contributed by atoms with van der Waals surface area (Å²) in [5.74, 6) is -1.34. The molecule has 1 unspecified atom stereocenters. The van der Waals surface area contributed by atoms with E-state index in [1.165, 1.54) is 41.3 Å². The molecule has 0 saturated carbocycles. The molecule has 10 heteroatoms. The van der Waals surface area contributed by atoms with Crippen LogP contribution in [-0.2, 0) is 26.2 Å². The average molecular weight is 605 g/mol. The van der Waals surface area contributed by atoms with Crippen LogP contribution in [0, 0.1) is 12.7 Å². The molecule has 0 saturated heterocycles. The number of halogens is 2. The summed E-state index contributed by atoms with van der Waals surface area (Å²) in [7, 11) is -4.14. The van der Waals surface area contributed by atoms with Gasteiger partial charge in [-0.3, -0.25) is 13.9 Å². The number of aryl methyl sites for hydroxylation is 1. The highest BCUT2D eigenvalue weighted by molar-refractivity contribution is 9.10. The van der Waals surface area contributed by atoms with E-state index in [0.717, 1.165) is 9.87 Å². The van der Waals surface area contributed by atoms with Crippen molar-refractivity contribution in [1.29, 1.82) is 0 Å². The van der Waals surface area contributed by atoms with Gasteiger partial charge in [-0.1, -0.05) is 58.7 Å². The summed E-state index contributed by atoms with van der Waals surface area (Å²) in [5, 5.41) is 2.75. The van der Waals surface area contributed by atoms with Crippen LogP contribution >= 0.6 is 15.9 Å². The number of hydrogen-bond donors (Lipinski definition) is 1. The predicted molar refractivity (Wildman–Crippen MR) is 150 cm³/mol. The smallest absolute Gasteiger partial charge is 0.264 e. The Hall–Kier alpha value is -3.24.